The maximum absolute atomic E-state index is 10.4. The third-order valence-electron chi connectivity index (χ3n) is 5.78. The largest absolute Gasteiger partial charge is 0.493 e. The molecule has 1 saturated heterocycles. The summed E-state index contributed by atoms with van der Waals surface area (Å²) >= 11 is 0. The van der Waals surface area contributed by atoms with Crippen molar-refractivity contribution in [2.75, 3.05) is 26.6 Å². The minimum Gasteiger partial charge on any atom is -0.493 e. The average molecular weight is 455 g/mol. The van der Waals surface area contributed by atoms with Crippen molar-refractivity contribution in [1.82, 2.24) is 0 Å². The Hall–Kier alpha value is -3.38. The highest BCUT2D eigenvalue weighted by Gasteiger charge is 2.43. The Bertz CT molecular complexity index is 1110. The maximum Gasteiger partial charge on any atom is 0.161 e. The quantitative estimate of drug-likeness (QED) is 0.374. The molecule has 5 atom stereocenters. The first-order chi connectivity index (χ1) is 15.8. The SMILES string of the molecule is COc1ccc(-c2cc(C[C@@H]3O[C@H](CO)[C@@H](O)[C@H](O)[C@H]3O)c(C#N)c(N)c2C#N)cc1OC. The molecule has 1 fully saturated rings. The first kappa shape index (κ1) is 24.3. The van der Waals surface area contributed by atoms with Crippen molar-refractivity contribution in [3.63, 3.8) is 0 Å². The molecular formula is C23H25N3O7. The number of aliphatic hydroxyl groups is 4. The average Bonchev–Trinajstić information content (AvgIpc) is 2.83. The van der Waals surface area contributed by atoms with Crippen molar-refractivity contribution in [3.05, 3.63) is 41.0 Å². The van der Waals surface area contributed by atoms with Crippen LogP contribution in [0.25, 0.3) is 11.1 Å². The fraction of sp³-hybridized carbons (Fsp3) is 0.391. The van der Waals surface area contributed by atoms with E-state index in [1.165, 1.54) is 14.2 Å². The fourth-order valence-corrected chi connectivity index (χ4v) is 3.97. The second kappa shape index (κ2) is 10.0. The van der Waals surface area contributed by atoms with Crippen LogP contribution in [-0.2, 0) is 11.2 Å². The van der Waals surface area contributed by atoms with E-state index in [0.29, 0.717) is 28.2 Å². The van der Waals surface area contributed by atoms with E-state index < -0.39 is 37.1 Å². The predicted molar refractivity (Wildman–Crippen MR) is 116 cm³/mol. The van der Waals surface area contributed by atoms with Gasteiger partial charge in [-0.3, -0.25) is 0 Å². The predicted octanol–water partition coefficient (Wildman–Crippen LogP) is 0.0813. The smallest absolute Gasteiger partial charge is 0.161 e. The Balaban J connectivity index is 2.11. The van der Waals surface area contributed by atoms with Crippen molar-refractivity contribution in [1.29, 1.82) is 10.5 Å². The molecule has 174 valence electrons. The number of benzene rings is 2. The number of nitriles is 2. The van der Waals surface area contributed by atoms with Crippen LogP contribution in [0.2, 0.25) is 0 Å². The van der Waals surface area contributed by atoms with Gasteiger partial charge in [-0.15, -0.1) is 0 Å². The third kappa shape index (κ3) is 4.44. The lowest BCUT2D eigenvalue weighted by Gasteiger charge is -2.40. The number of aliphatic hydroxyl groups excluding tert-OH is 4. The number of anilines is 1. The van der Waals surface area contributed by atoms with Gasteiger partial charge in [0.2, 0.25) is 0 Å². The van der Waals surface area contributed by atoms with Gasteiger partial charge in [0, 0.05) is 12.0 Å². The molecule has 0 bridgehead atoms. The molecule has 10 nitrogen and oxygen atoms in total. The van der Waals surface area contributed by atoms with Crippen LogP contribution in [-0.4, -0.2) is 71.8 Å². The summed E-state index contributed by atoms with van der Waals surface area (Å²) in [5, 5.41) is 59.4. The number of hydrogen-bond donors (Lipinski definition) is 5. The molecule has 1 aliphatic rings. The Morgan fingerprint density at radius 1 is 0.939 bits per heavy atom. The Morgan fingerprint density at radius 2 is 1.58 bits per heavy atom. The first-order valence-electron chi connectivity index (χ1n) is 10.1. The van der Waals surface area contributed by atoms with Crippen molar-refractivity contribution in [3.8, 4) is 34.8 Å². The Kier molecular flexibility index (Phi) is 7.39. The first-order valence-corrected chi connectivity index (χ1v) is 10.1. The summed E-state index contributed by atoms with van der Waals surface area (Å²) in [5.41, 5.74) is 7.64. The van der Waals surface area contributed by atoms with Gasteiger partial charge in [-0.2, -0.15) is 10.5 Å². The van der Waals surface area contributed by atoms with E-state index in [2.05, 4.69) is 0 Å². The summed E-state index contributed by atoms with van der Waals surface area (Å²) in [6, 6.07) is 10.7. The zero-order valence-corrected chi connectivity index (χ0v) is 18.1. The second-order valence-corrected chi connectivity index (χ2v) is 7.61. The summed E-state index contributed by atoms with van der Waals surface area (Å²) in [5.74, 6) is 0.917. The summed E-state index contributed by atoms with van der Waals surface area (Å²) in [4.78, 5) is 0. The number of hydrogen-bond acceptors (Lipinski definition) is 10. The maximum atomic E-state index is 10.4. The Morgan fingerprint density at radius 3 is 2.15 bits per heavy atom. The molecule has 0 amide bonds. The van der Waals surface area contributed by atoms with E-state index in [4.69, 9.17) is 19.9 Å². The molecule has 3 rings (SSSR count). The molecule has 1 heterocycles. The molecule has 2 aromatic rings. The highest BCUT2D eigenvalue weighted by Crippen LogP contribution is 2.38. The molecule has 1 aliphatic heterocycles. The van der Waals surface area contributed by atoms with Gasteiger partial charge in [0.05, 0.1) is 43.7 Å². The molecular weight excluding hydrogens is 430 g/mol. The van der Waals surface area contributed by atoms with E-state index in [-0.39, 0.29) is 23.2 Å². The summed E-state index contributed by atoms with van der Waals surface area (Å²) in [6.45, 7) is -0.570. The monoisotopic (exact) mass is 455 g/mol. The van der Waals surface area contributed by atoms with E-state index in [9.17, 15) is 30.9 Å². The fourth-order valence-electron chi connectivity index (χ4n) is 3.97. The van der Waals surface area contributed by atoms with Crippen LogP contribution >= 0.6 is 0 Å². The molecule has 10 heteroatoms. The highest BCUT2D eigenvalue weighted by atomic mass is 16.5. The van der Waals surface area contributed by atoms with Crippen LogP contribution in [0, 0.1) is 22.7 Å². The zero-order valence-electron chi connectivity index (χ0n) is 18.1. The van der Waals surface area contributed by atoms with Gasteiger partial charge in [-0.1, -0.05) is 6.07 Å². The van der Waals surface area contributed by atoms with Gasteiger partial charge in [-0.25, -0.2) is 0 Å². The van der Waals surface area contributed by atoms with Gasteiger partial charge in [0.25, 0.3) is 0 Å². The molecule has 2 aromatic carbocycles. The lowest BCUT2D eigenvalue weighted by Crippen LogP contribution is -2.59. The molecule has 0 aliphatic carbocycles. The number of ether oxygens (including phenoxy) is 3. The van der Waals surface area contributed by atoms with E-state index in [1.54, 1.807) is 24.3 Å². The molecule has 0 spiro atoms. The van der Waals surface area contributed by atoms with Crippen LogP contribution in [0.4, 0.5) is 5.69 Å². The van der Waals surface area contributed by atoms with Gasteiger partial charge in [0.15, 0.2) is 11.5 Å². The van der Waals surface area contributed by atoms with Crippen LogP contribution in [0.5, 0.6) is 11.5 Å². The van der Waals surface area contributed by atoms with Crippen LogP contribution in [0.1, 0.15) is 16.7 Å². The molecule has 0 aromatic heterocycles. The van der Waals surface area contributed by atoms with Crippen LogP contribution in [0.3, 0.4) is 0 Å². The van der Waals surface area contributed by atoms with Crippen LogP contribution in [0.15, 0.2) is 24.3 Å². The highest BCUT2D eigenvalue weighted by molar-refractivity contribution is 5.82. The number of rotatable bonds is 6. The normalized spacial score (nSPS) is 24.5. The topological polar surface area (TPSA) is 182 Å². The lowest BCUT2D eigenvalue weighted by molar-refractivity contribution is -0.228. The minimum absolute atomic E-state index is 0.0349. The van der Waals surface area contributed by atoms with Gasteiger partial charge >= 0.3 is 0 Å². The van der Waals surface area contributed by atoms with E-state index in [1.807, 2.05) is 12.1 Å². The van der Waals surface area contributed by atoms with Crippen LogP contribution < -0.4 is 15.2 Å². The van der Waals surface area contributed by atoms with Gasteiger partial charge in [-0.05, 0) is 29.3 Å². The third-order valence-corrected chi connectivity index (χ3v) is 5.78. The zero-order chi connectivity index (χ0) is 24.3. The number of nitrogens with two attached hydrogens (primary N) is 1. The molecule has 6 N–H and O–H groups in total. The molecule has 0 saturated carbocycles. The standard InChI is InChI=1S/C23H25N3O7/c1-31-16-4-3-11(6-17(16)32-2)13-5-12(14(8-24)20(26)15(13)9-25)7-18-21(28)23(30)22(29)19(10-27)33-18/h3-6,18-19,21-23,27-30H,7,10,26H2,1-2H3/t18-,19+,21-,22+,23+/m0/s1. The summed E-state index contributed by atoms with van der Waals surface area (Å²) in [6.07, 6.45) is -6.72. The molecule has 33 heavy (non-hydrogen) atoms. The Labute approximate surface area is 190 Å². The number of nitrogen functional groups attached to an aromatic ring is 1. The number of methoxy groups -OCH3 is 2. The lowest BCUT2D eigenvalue weighted by atomic mass is 9.87. The van der Waals surface area contributed by atoms with Crippen molar-refractivity contribution >= 4 is 5.69 Å². The van der Waals surface area contributed by atoms with Crippen molar-refractivity contribution in [2.24, 2.45) is 0 Å². The second-order valence-electron chi connectivity index (χ2n) is 7.61. The van der Waals surface area contributed by atoms with Crippen molar-refractivity contribution < 1.29 is 34.6 Å². The molecule has 0 radical (unpaired) electrons. The summed E-state index contributed by atoms with van der Waals surface area (Å²) in [7, 11) is 2.97. The minimum atomic E-state index is -1.55. The van der Waals surface area contributed by atoms with Gasteiger partial charge in [0.1, 0.15) is 36.6 Å². The van der Waals surface area contributed by atoms with E-state index in [0.717, 1.165) is 0 Å². The molecule has 0 unspecified atom stereocenters. The van der Waals surface area contributed by atoms with Gasteiger partial charge < -0.3 is 40.4 Å². The van der Waals surface area contributed by atoms with Crippen molar-refractivity contribution in [2.45, 2.75) is 36.9 Å². The summed E-state index contributed by atoms with van der Waals surface area (Å²) < 4.78 is 16.2. The number of nitrogens with zero attached hydrogens (tertiary/aromatic N) is 2. The van der Waals surface area contributed by atoms with E-state index >= 15 is 0 Å².